The highest BCUT2D eigenvalue weighted by molar-refractivity contribution is 8.00. The van der Waals surface area contributed by atoms with Gasteiger partial charge in [-0.1, -0.05) is 30.8 Å². The second-order valence-corrected chi connectivity index (χ2v) is 7.37. The molecular formula is C19H18N4O2S. The van der Waals surface area contributed by atoms with E-state index in [-0.39, 0.29) is 28.8 Å². The van der Waals surface area contributed by atoms with Gasteiger partial charge in [-0.3, -0.25) is 0 Å². The van der Waals surface area contributed by atoms with Crippen LogP contribution >= 0.6 is 11.8 Å². The highest BCUT2D eigenvalue weighted by atomic mass is 32.2. The van der Waals surface area contributed by atoms with Crippen LogP contribution in [0.25, 0.3) is 11.1 Å². The Labute approximate surface area is 156 Å². The van der Waals surface area contributed by atoms with E-state index < -0.39 is 0 Å². The molecule has 0 amide bonds. The number of thioether (sulfide) groups is 1. The lowest BCUT2D eigenvalue weighted by Gasteiger charge is -2.15. The standard InChI is InChI=1S/C19H18N4O2S/c1-10-17(25-10)11(2)26-19-15(9-21)16(14(8-20)18(22)23-19)12-4-6-13(24-3)7-5-12/h4-7,10-11,17H,1-3H3,(H2,22,23). The summed E-state index contributed by atoms with van der Waals surface area (Å²) in [5.41, 5.74) is 7.82. The zero-order chi connectivity index (χ0) is 18.8. The third kappa shape index (κ3) is 3.32. The molecule has 0 aliphatic carbocycles. The minimum Gasteiger partial charge on any atom is -0.497 e. The Morgan fingerprint density at radius 2 is 1.85 bits per heavy atom. The number of ether oxygens (including phenoxy) is 2. The maximum Gasteiger partial charge on any atom is 0.143 e. The summed E-state index contributed by atoms with van der Waals surface area (Å²) in [6, 6.07) is 11.5. The van der Waals surface area contributed by atoms with Crippen LogP contribution in [0.1, 0.15) is 25.0 Å². The van der Waals surface area contributed by atoms with E-state index >= 15 is 0 Å². The lowest BCUT2D eigenvalue weighted by Crippen LogP contribution is -2.10. The summed E-state index contributed by atoms with van der Waals surface area (Å²) in [5, 5.41) is 20.0. The zero-order valence-electron chi connectivity index (χ0n) is 14.7. The molecule has 26 heavy (non-hydrogen) atoms. The smallest absolute Gasteiger partial charge is 0.143 e. The van der Waals surface area contributed by atoms with Crippen LogP contribution in [0.3, 0.4) is 0 Å². The number of rotatable bonds is 5. The summed E-state index contributed by atoms with van der Waals surface area (Å²) < 4.78 is 10.7. The van der Waals surface area contributed by atoms with Crippen LogP contribution in [0.15, 0.2) is 29.3 Å². The van der Waals surface area contributed by atoms with E-state index in [1.807, 2.05) is 13.8 Å². The number of pyridine rings is 1. The van der Waals surface area contributed by atoms with Crippen LogP contribution in [0.5, 0.6) is 5.75 Å². The summed E-state index contributed by atoms with van der Waals surface area (Å²) in [5.74, 6) is 0.813. The number of epoxide rings is 1. The van der Waals surface area contributed by atoms with E-state index in [2.05, 4.69) is 17.1 Å². The lowest BCUT2D eigenvalue weighted by atomic mass is 9.97. The van der Waals surface area contributed by atoms with Crippen molar-refractivity contribution < 1.29 is 9.47 Å². The molecule has 0 spiro atoms. The van der Waals surface area contributed by atoms with Crippen molar-refractivity contribution in [2.24, 2.45) is 0 Å². The molecular weight excluding hydrogens is 348 g/mol. The fraction of sp³-hybridized carbons (Fsp3) is 0.316. The SMILES string of the molecule is COc1ccc(-c2c(C#N)c(N)nc(SC(C)C3OC3C)c2C#N)cc1. The summed E-state index contributed by atoms with van der Waals surface area (Å²) in [6.07, 6.45) is 0.342. The van der Waals surface area contributed by atoms with Crippen molar-refractivity contribution in [2.75, 3.05) is 12.8 Å². The van der Waals surface area contributed by atoms with E-state index in [4.69, 9.17) is 15.2 Å². The molecule has 0 radical (unpaired) electrons. The predicted octanol–water partition coefficient (Wildman–Crippen LogP) is 3.35. The van der Waals surface area contributed by atoms with E-state index in [0.29, 0.717) is 21.9 Å². The highest BCUT2D eigenvalue weighted by Crippen LogP contribution is 2.40. The normalized spacial score (nSPS) is 19.3. The lowest BCUT2D eigenvalue weighted by molar-refractivity contribution is 0.378. The van der Waals surface area contributed by atoms with Gasteiger partial charge in [-0.15, -0.1) is 0 Å². The van der Waals surface area contributed by atoms with Gasteiger partial charge in [0.05, 0.1) is 24.9 Å². The van der Waals surface area contributed by atoms with E-state index in [1.54, 1.807) is 31.4 Å². The minimum absolute atomic E-state index is 0.122. The molecule has 6 nitrogen and oxygen atoms in total. The highest BCUT2D eigenvalue weighted by Gasteiger charge is 2.40. The monoisotopic (exact) mass is 366 g/mol. The zero-order valence-corrected chi connectivity index (χ0v) is 15.5. The topological polar surface area (TPSA) is 108 Å². The van der Waals surface area contributed by atoms with Crippen LogP contribution in [-0.4, -0.2) is 29.6 Å². The van der Waals surface area contributed by atoms with E-state index in [0.717, 1.165) is 5.56 Å². The molecule has 3 unspecified atom stereocenters. The van der Waals surface area contributed by atoms with Crippen LogP contribution in [-0.2, 0) is 4.74 Å². The Balaban J connectivity index is 2.11. The summed E-state index contributed by atoms with van der Waals surface area (Å²) in [7, 11) is 1.58. The summed E-state index contributed by atoms with van der Waals surface area (Å²) in [4.78, 5) is 4.33. The quantitative estimate of drug-likeness (QED) is 0.638. The molecule has 132 valence electrons. The Hall–Kier alpha value is -2.74. The summed E-state index contributed by atoms with van der Waals surface area (Å²) >= 11 is 1.45. The molecule has 3 atom stereocenters. The van der Waals surface area contributed by atoms with Crippen molar-refractivity contribution in [3.63, 3.8) is 0 Å². The number of nitrogens with two attached hydrogens (primary N) is 1. The number of hydrogen-bond acceptors (Lipinski definition) is 7. The number of anilines is 1. The van der Waals surface area contributed by atoms with Gasteiger partial charge in [0.25, 0.3) is 0 Å². The molecule has 0 saturated carbocycles. The first kappa shape index (κ1) is 18.1. The van der Waals surface area contributed by atoms with Crippen LogP contribution < -0.4 is 10.5 Å². The molecule has 1 aromatic carbocycles. The Bertz CT molecular complexity index is 915. The average molecular weight is 366 g/mol. The van der Waals surface area contributed by atoms with Crippen molar-refractivity contribution in [3.8, 4) is 29.0 Å². The Morgan fingerprint density at radius 1 is 1.23 bits per heavy atom. The predicted molar refractivity (Wildman–Crippen MR) is 99.7 cm³/mol. The number of methoxy groups -OCH3 is 1. The van der Waals surface area contributed by atoms with Crippen molar-refractivity contribution in [1.29, 1.82) is 10.5 Å². The molecule has 2 aromatic rings. The van der Waals surface area contributed by atoms with Gasteiger partial charge in [-0.2, -0.15) is 10.5 Å². The largest absolute Gasteiger partial charge is 0.497 e. The summed E-state index contributed by atoms with van der Waals surface area (Å²) in [6.45, 7) is 4.04. The minimum atomic E-state index is 0.122. The van der Waals surface area contributed by atoms with Crippen LogP contribution in [0, 0.1) is 22.7 Å². The molecule has 0 bridgehead atoms. The molecule has 2 heterocycles. The molecule has 1 aromatic heterocycles. The number of nitrogen functional groups attached to an aromatic ring is 1. The molecule has 2 N–H and O–H groups in total. The van der Waals surface area contributed by atoms with E-state index in [1.165, 1.54) is 11.8 Å². The van der Waals surface area contributed by atoms with Gasteiger partial charge in [0.1, 0.15) is 34.3 Å². The van der Waals surface area contributed by atoms with Crippen molar-refractivity contribution in [3.05, 3.63) is 35.4 Å². The number of nitriles is 2. The van der Waals surface area contributed by atoms with Gasteiger partial charge in [0, 0.05) is 10.8 Å². The third-order valence-corrected chi connectivity index (χ3v) is 5.47. The maximum atomic E-state index is 9.78. The molecule has 1 saturated heterocycles. The van der Waals surface area contributed by atoms with Gasteiger partial charge < -0.3 is 15.2 Å². The van der Waals surface area contributed by atoms with Gasteiger partial charge in [-0.05, 0) is 24.6 Å². The number of benzene rings is 1. The molecule has 1 aliphatic heterocycles. The number of hydrogen-bond donors (Lipinski definition) is 1. The first-order valence-electron chi connectivity index (χ1n) is 8.10. The van der Waals surface area contributed by atoms with Crippen LogP contribution in [0.4, 0.5) is 5.82 Å². The third-order valence-electron chi connectivity index (χ3n) is 4.31. The first-order chi connectivity index (χ1) is 12.5. The van der Waals surface area contributed by atoms with Gasteiger partial charge in [-0.25, -0.2) is 4.98 Å². The average Bonchev–Trinajstić information content (AvgIpc) is 3.38. The fourth-order valence-electron chi connectivity index (χ4n) is 2.87. The number of aromatic nitrogens is 1. The maximum absolute atomic E-state index is 9.78. The van der Waals surface area contributed by atoms with Crippen molar-refractivity contribution >= 4 is 17.6 Å². The molecule has 7 heteroatoms. The number of nitrogens with zero attached hydrogens (tertiary/aromatic N) is 3. The van der Waals surface area contributed by atoms with Gasteiger partial charge in [0.15, 0.2) is 0 Å². The second-order valence-electron chi connectivity index (χ2n) is 6.01. The second kappa shape index (κ2) is 7.25. The van der Waals surface area contributed by atoms with Crippen molar-refractivity contribution in [1.82, 2.24) is 4.98 Å². The van der Waals surface area contributed by atoms with Crippen molar-refractivity contribution in [2.45, 2.75) is 36.3 Å². The van der Waals surface area contributed by atoms with Gasteiger partial charge >= 0.3 is 0 Å². The molecule has 1 fully saturated rings. The molecule has 1 aliphatic rings. The molecule has 3 rings (SSSR count). The Morgan fingerprint density at radius 3 is 2.35 bits per heavy atom. The fourth-order valence-corrected chi connectivity index (χ4v) is 4.06. The van der Waals surface area contributed by atoms with E-state index in [9.17, 15) is 10.5 Å². The van der Waals surface area contributed by atoms with Crippen LogP contribution in [0.2, 0.25) is 0 Å². The first-order valence-corrected chi connectivity index (χ1v) is 8.98. The Kier molecular flexibility index (Phi) is 5.03. The van der Waals surface area contributed by atoms with Gasteiger partial charge in [0.2, 0.25) is 0 Å².